The molecule has 158 valence electrons. The van der Waals surface area contributed by atoms with Gasteiger partial charge in [0.05, 0.1) is 18.5 Å². The molecule has 6 heteroatoms. The van der Waals surface area contributed by atoms with E-state index in [9.17, 15) is 0 Å². The summed E-state index contributed by atoms with van der Waals surface area (Å²) in [5.74, 6) is 2.39. The Morgan fingerprint density at radius 1 is 0.935 bits per heavy atom. The number of ether oxygens (including phenoxy) is 1. The second-order valence-electron chi connectivity index (χ2n) is 8.76. The standard InChI is InChI=1S/C25H26N4OS/c1-4-14-29(15-5-1)16-21-27-24(22-18-10-2-3-12-20(18)31-25(22)28-21)30-19-11-6-8-17-9-7-13-26-23(17)19/h6-9,11,13H,1-5,10,12,14-16H2/p+1. The van der Waals surface area contributed by atoms with Crippen LogP contribution in [0.1, 0.15) is 48.4 Å². The van der Waals surface area contributed by atoms with Crippen molar-refractivity contribution in [3.8, 4) is 11.6 Å². The lowest BCUT2D eigenvalue weighted by atomic mass is 9.97. The van der Waals surface area contributed by atoms with Crippen molar-refractivity contribution < 1.29 is 9.64 Å². The van der Waals surface area contributed by atoms with Gasteiger partial charge in [-0.1, -0.05) is 18.2 Å². The fraction of sp³-hybridized carbons (Fsp3) is 0.400. The third kappa shape index (κ3) is 3.68. The van der Waals surface area contributed by atoms with E-state index < -0.39 is 0 Å². The summed E-state index contributed by atoms with van der Waals surface area (Å²) in [4.78, 5) is 18.8. The smallest absolute Gasteiger partial charge is 0.231 e. The first-order chi connectivity index (χ1) is 15.3. The zero-order valence-corrected chi connectivity index (χ0v) is 18.5. The van der Waals surface area contributed by atoms with E-state index in [4.69, 9.17) is 14.7 Å². The van der Waals surface area contributed by atoms with Crippen LogP contribution in [0.3, 0.4) is 0 Å². The van der Waals surface area contributed by atoms with E-state index in [0.29, 0.717) is 5.88 Å². The summed E-state index contributed by atoms with van der Waals surface area (Å²) in [6, 6.07) is 10.1. The lowest BCUT2D eigenvalue weighted by Crippen LogP contribution is -3.11. The number of rotatable bonds is 4. The Morgan fingerprint density at radius 3 is 2.74 bits per heavy atom. The Morgan fingerprint density at radius 2 is 1.81 bits per heavy atom. The van der Waals surface area contributed by atoms with Crippen LogP contribution in [0.15, 0.2) is 36.5 Å². The van der Waals surface area contributed by atoms with E-state index in [1.54, 1.807) is 4.90 Å². The molecule has 0 spiro atoms. The molecule has 0 amide bonds. The molecule has 3 aromatic heterocycles. The molecule has 0 radical (unpaired) electrons. The lowest BCUT2D eigenvalue weighted by Gasteiger charge is -2.22. The number of benzene rings is 1. The Kier molecular flexibility index (Phi) is 5.04. The van der Waals surface area contributed by atoms with Crippen molar-refractivity contribution in [1.82, 2.24) is 15.0 Å². The third-order valence-corrected chi connectivity index (χ3v) is 7.78. The Labute approximate surface area is 186 Å². The van der Waals surface area contributed by atoms with Crippen molar-refractivity contribution in [2.45, 2.75) is 51.5 Å². The predicted octanol–water partition coefficient (Wildman–Crippen LogP) is 4.48. The van der Waals surface area contributed by atoms with Crippen LogP contribution in [0.25, 0.3) is 21.1 Å². The number of aryl methyl sites for hydroxylation is 2. The van der Waals surface area contributed by atoms with Crippen molar-refractivity contribution in [1.29, 1.82) is 0 Å². The van der Waals surface area contributed by atoms with Crippen LogP contribution < -0.4 is 9.64 Å². The molecule has 4 heterocycles. The van der Waals surface area contributed by atoms with Crippen molar-refractivity contribution >= 4 is 32.5 Å². The fourth-order valence-electron chi connectivity index (χ4n) is 5.03. The van der Waals surface area contributed by atoms with Gasteiger partial charge in [-0.3, -0.25) is 4.98 Å². The van der Waals surface area contributed by atoms with Gasteiger partial charge in [0.2, 0.25) is 5.88 Å². The first-order valence-corrected chi connectivity index (χ1v) is 12.3. The second-order valence-corrected chi connectivity index (χ2v) is 9.84. The van der Waals surface area contributed by atoms with Crippen LogP contribution in [0.2, 0.25) is 0 Å². The Bertz CT molecular complexity index is 1240. The van der Waals surface area contributed by atoms with Crippen LogP contribution >= 0.6 is 11.3 Å². The molecule has 2 aliphatic rings. The maximum Gasteiger partial charge on any atom is 0.231 e. The normalized spacial score (nSPS) is 17.2. The largest absolute Gasteiger partial charge is 0.436 e. The van der Waals surface area contributed by atoms with Crippen molar-refractivity contribution in [2.24, 2.45) is 0 Å². The maximum absolute atomic E-state index is 6.54. The minimum absolute atomic E-state index is 0.717. The molecule has 1 saturated heterocycles. The van der Waals surface area contributed by atoms with Gasteiger partial charge in [-0.15, -0.1) is 11.3 Å². The average molecular weight is 432 g/mol. The summed E-state index contributed by atoms with van der Waals surface area (Å²) in [7, 11) is 0. The number of hydrogen-bond donors (Lipinski definition) is 1. The number of likely N-dealkylation sites (tertiary alicyclic amines) is 1. The zero-order chi connectivity index (χ0) is 20.6. The Hall–Kier alpha value is -2.57. The van der Waals surface area contributed by atoms with Gasteiger partial charge in [-0.25, -0.2) is 4.98 Å². The number of aromatic nitrogens is 3. The molecule has 0 saturated carbocycles. The molecule has 4 aromatic rings. The summed E-state index contributed by atoms with van der Waals surface area (Å²) < 4.78 is 6.54. The number of thiophene rings is 1. The second kappa shape index (κ2) is 8.17. The molecule has 5 nitrogen and oxygen atoms in total. The van der Waals surface area contributed by atoms with Gasteiger partial charge in [0, 0.05) is 16.5 Å². The van der Waals surface area contributed by atoms with E-state index in [2.05, 4.69) is 17.1 Å². The van der Waals surface area contributed by atoms with Gasteiger partial charge in [0.25, 0.3) is 0 Å². The summed E-state index contributed by atoms with van der Waals surface area (Å²) in [6.07, 6.45) is 10.5. The molecule has 1 aliphatic heterocycles. The monoisotopic (exact) mass is 431 g/mol. The van der Waals surface area contributed by atoms with Crippen LogP contribution in [0.5, 0.6) is 11.6 Å². The minimum Gasteiger partial charge on any atom is -0.436 e. The minimum atomic E-state index is 0.717. The average Bonchev–Trinajstić information content (AvgIpc) is 3.19. The molecule has 31 heavy (non-hydrogen) atoms. The van der Waals surface area contributed by atoms with Gasteiger partial charge < -0.3 is 9.64 Å². The molecular weight excluding hydrogens is 404 g/mol. The van der Waals surface area contributed by atoms with Gasteiger partial charge in [-0.2, -0.15) is 4.98 Å². The summed E-state index contributed by atoms with van der Waals surface area (Å²) >= 11 is 1.85. The van der Waals surface area contributed by atoms with Crippen molar-refractivity contribution in [3.63, 3.8) is 0 Å². The lowest BCUT2D eigenvalue weighted by molar-refractivity contribution is -0.919. The molecule has 1 fully saturated rings. The molecule has 0 atom stereocenters. The van der Waals surface area contributed by atoms with Crippen LogP contribution in [-0.4, -0.2) is 28.0 Å². The highest BCUT2D eigenvalue weighted by Crippen LogP contribution is 2.41. The van der Waals surface area contributed by atoms with Crippen molar-refractivity contribution in [3.05, 3.63) is 52.8 Å². The first-order valence-electron chi connectivity index (χ1n) is 11.5. The predicted molar refractivity (Wildman–Crippen MR) is 124 cm³/mol. The zero-order valence-electron chi connectivity index (χ0n) is 17.7. The van der Waals surface area contributed by atoms with Crippen molar-refractivity contribution in [2.75, 3.05) is 13.1 Å². The topological polar surface area (TPSA) is 52.3 Å². The number of hydrogen-bond acceptors (Lipinski definition) is 5. The molecule has 1 aliphatic carbocycles. The van der Waals surface area contributed by atoms with Crippen LogP contribution in [0.4, 0.5) is 0 Å². The van der Waals surface area contributed by atoms with Crippen LogP contribution in [-0.2, 0) is 19.4 Å². The number of para-hydroxylation sites is 1. The highest BCUT2D eigenvalue weighted by molar-refractivity contribution is 7.18. The first kappa shape index (κ1) is 19.1. The number of piperidine rings is 1. The van der Waals surface area contributed by atoms with Crippen LogP contribution in [0, 0.1) is 0 Å². The van der Waals surface area contributed by atoms with E-state index in [1.807, 2.05) is 35.7 Å². The number of pyridine rings is 1. The van der Waals surface area contributed by atoms with E-state index >= 15 is 0 Å². The quantitative estimate of drug-likeness (QED) is 0.518. The van der Waals surface area contributed by atoms with Gasteiger partial charge in [0.15, 0.2) is 11.6 Å². The Balaban J connectivity index is 1.46. The molecule has 0 unspecified atom stereocenters. The number of fused-ring (bicyclic) bond motifs is 4. The van der Waals surface area contributed by atoms with Gasteiger partial charge >= 0.3 is 0 Å². The summed E-state index contributed by atoms with van der Waals surface area (Å²) in [6.45, 7) is 3.31. The summed E-state index contributed by atoms with van der Waals surface area (Å²) in [5, 5.41) is 2.21. The van der Waals surface area contributed by atoms with E-state index in [0.717, 1.165) is 52.1 Å². The SMILES string of the molecule is c1cnc2c(Oc3nc(C[NH+]4CCCCC4)nc4sc5c(c34)CCCC5)cccc2c1. The number of nitrogens with one attached hydrogen (secondary N) is 1. The highest BCUT2D eigenvalue weighted by Gasteiger charge is 2.24. The molecular formula is C25H27N4OS+. The van der Waals surface area contributed by atoms with E-state index in [-0.39, 0.29) is 0 Å². The van der Waals surface area contributed by atoms with E-state index in [1.165, 1.54) is 55.6 Å². The molecule has 6 rings (SSSR count). The van der Waals surface area contributed by atoms with Gasteiger partial charge in [0.1, 0.15) is 16.9 Å². The van der Waals surface area contributed by atoms with Gasteiger partial charge in [-0.05, 0) is 62.6 Å². The maximum atomic E-state index is 6.54. The fourth-order valence-corrected chi connectivity index (χ4v) is 6.30. The third-order valence-electron chi connectivity index (χ3n) is 6.60. The molecule has 1 aromatic carbocycles. The highest BCUT2D eigenvalue weighted by atomic mass is 32.1. The number of quaternary nitrogens is 1. The molecule has 0 bridgehead atoms. The number of nitrogens with zero attached hydrogens (tertiary/aromatic N) is 3. The summed E-state index contributed by atoms with van der Waals surface area (Å²) in [5.41, 5.74) is 2.29. The molecule has 1 N–H and O–H groups in total.